The Bertz CT molecular complexity index is 880. The molecule has 2 aromatic rings. The molecule has 3 amide bonds. The number of anilines is 1. The molecular formula is C24H31N3O2. The molecule has 2 N–H and O–H groups in total. The second-order valence-corrected chi connectivity index (χ2v) is 8.14. The van der Waals surface area contributed by atoms with Gasteiger partial charge < -0.3 is 15.5 Å². The van der Waals surface area contributed by atoms with Crippen LogP contribution in [0, 0.1) is 12.3 Å². The van der Waals surface area contributed by atoms with Crippen LogP contribution < -0.4 is 10.6 Å². The van der Waals surface area contributed by atoms with Crippen molar-refractivity contribution >= 4 is 17.6 Å². The lowest BCUT2D eigenvalue weighted by Crippen LogP contribution is -2.52. The first kappa shape index (κ1) is 20.9. The summed E-state index contributed by atoms with van der Waals surface area (Å²) in [7, 11) is 0. The van der Waals surface area contributed by atoms with Gasteiger partial charge in [-0.2, -0.15) is 0 Å². The van der Waals surface area contributed by atoms with E-state index in [9.17, 15) is 9.59 Å². The van der Waals surface area contributed by atoms with E-state index < -0.39 is 5.41 Å². The number of para-hydroxylation sites is 1. The van der Waals surface area contributed by atoms with Gasteiger partial charge in [0, 0.05) is 25.3 Å². The maximum atomic E-state index is 13.0. The molecule has 1 heterocycles. The van der Waals surface area contributed by atoms with Gasteiger partial charge >= 0.3 is 6.03 Å². The molecule has 0 aliphatic carbocycles. The number of carbonyl (C=O) groups is 2. The summed E-state index contributed by atoms with van der Waals surface area (Å²) in [6.45, 7) is 7.68. The smallest absolute Gasteiger partial charge is 0.321 e. The highest BCUT2D eigenvalue weighted by molar-refractivity contribution is 5.91. The predicted octanol–water partition coefficient (Wildman–Crippen LogP) is 4.51. The highest BCUT2D eigenvalue weighted by atomic mass is 16.2. The zero-order chi connectivity index (χ0) is 20.9. The molecule has 0 spiro atoms. The van der Waals surface area contributed by atoms with Gasteiger partial charge in [-0.15, -0.1) is 0 Å². The molecule has 29 heavy (non-hydrogen) atoms. The van der Waals surface area contributed by atoms with Crippen LogP contribution in [0.25, 0.3) is 0 Å². The molecule has 154 valence electrons. The van der Waals surface area contributed by atoms with Gasteiger partial charge in [-0.1, -0.05) is 49.4 Å². The molecule has 0 bridgehead atoms. The third-order valence-electron chi connectivity index (χ3n) is 5.87. The predicted molar refractivity (Wildman–Crippen MR) is 117 cm³/mol. The van der Waals surface area contributed by atoms with Crippen molar-refractivity contribution in [3.8, 4) is 0 Å². The van der Waals surface area contributed by atoms with Crippen LogP contribution in [0.3, 0.4) is 0 Å². The number of benzene rings is 2. The minimum absolute atomic E-state index is 0.00668. The summed E-state index contributed by atoms with van der Waals surface area (Å²) in [4.78, 5) is 27.6. The van der Waals surface area contributed by atoms with Gasteiger partial charge in [0.1, 0.15) is 0 Å². The van der Waals surface area contributed by atoms with Crippen LogP contribution in [-0.2, 0) is 17.8 Å². The summed E-state index contributed by atoms with van der Waals surface area (Å²) in [5.74, 6) is 0.00668. The van der Waals surface area contributed by atoms with Gasteiger partial charge in [0.25, 0.3) is 0 Å². The van der Waals surface area contributed by atoms with Crippen molar-refractivity contribution in [3.05, 3.63) is 65.2 Å². The Balaban J connectivity index is 1.63. The molecule has 5 nitrogen and oxygen atoms in total. The van der Waals surface area contributed by atoms with Crippen LogP contribution in [0.1, 0.15) is 43.4 Å². The summed E-state index contributed by atoms with van der Waals surface area (Å²) in [6, 6.07) is 15.8. The van der Waals surface area contributed by atoms with Crippen LogP contribution in [0.15, 0.2) is 48.5 Å². The zero-order valence-electron chi connectivity index (χ0n) is 17.6. The Kier molecular flexibility index (Phi) is 6.57. The summed E-state index contributed by atoms with van der Waals surface area (Å²) >= 11 is 0. The monoisotopic (exact) mass is 393 g/mol. The summed E-state index contributed by atoms with van der Waals surface area (Å²) < 4.78 is 0. The van der Waals surface area contributed by atoms with Crippen molar-refractivity contribution in [1.29, 1.82) is 0 Å². The number of likely N-dealkylation sites (tertiary alicyclic amines) is 1. The minimum Gasteiger partial charge on any atom is -0.351 e. The molecule has 1 atom stereocenters. The van der Waals surface area contributed by atoms with Crippen molar-refractivity contribution in [2.75, 3.05) is 18.4 Å². The number of aryl methyl sites for hydroxylation is 2. The number of hydrogen-bond donors (Lipinski definition) is 2. The largest absolute Gasteiger partial charge is 0.351 e. The zero-order valence-corrected chi connectivity index (χ0v) is 17.6. The maximum absolute atomic E-state index is 13.0. The fourth-order valence-corrected chi connectivity index (χ4v) is 3.94. The summed E-state index contributed by atoms with van der Waals surface area (Å²) in [5, 5.41) is 6.11. The molecule has 0 aromatic heterocycles. The van der Waals surface area contributed by atoms with Crippen LogP contribution in [0.2, 0.25) is 0 Å². The highest BCUT2D eigenvalue weighted by Gasteiger charge is 2.39. The second-order valence-electron chi connectivity index (χ2n) is 8.14. The maximum Gasteiger partial charge on any atom is 0.321 e. The van der Waals surface area contributed by atoms with Crippen LogP contribution in [-0.4, -0.2) is 29.9 Å². The molecule has 0 unspecified atom stereocenters. The van der Waals surface area contributed by atoms with Gasteiger partial charge in [-0.25, -0.2) is 4.79 Å². The molecule has 1 saturated heterocycles. The molecule has 0 saturated carbocycles. The fourth-order valence-electron chi connectivity index (χ4n) is 3.94. The molecule has 1 aliphatic heterocycles. The van der Waals surface area contributed by atoms with Crippen LogP contribution in [0.4, 0.5) is 10.5 Å². The Morgan fingerprint density at radius 2 is 1.76 bits per heavy atom. The number of nitrogens with zero attached hydrogens (tertiary/aromatic N) is 1. The molecule has 1 aliphatic rings. The average molecular weight is 394 g/mol. The molecular weight excluding hydrogens is 362 g/mol. The number of carbonyl (C=O) groups excluding carboxylic acids is 2. The van der Waals surface area contributed by atoms with Gasteiger partial charge in [0.15, 0.2) is 0 Å². The van der Waals surface area contributed by atoms with E-state index >= 15 is 0 Å². The quantitative estimate of drug-likeness (QED) is 0.785. The number of piperidine rings is 1. The van der Waals surface area contributed by atoms with Gasteiger partial charge in [-0.3, -0.25) is 4.79 Å². The fraction of sp³-hybridized carbons (Fsp3) is 0.417. The van der Waals surface area contributed by atoms with E-state index in [4.69, 9.17) is 0 Å². The molecule has 2 aromatic carbocycles. The lowest BCUT2D eigenvalue weighted by Gasteiger charge is -2.39. The van der Waals surface area contributed by atoms with Gasteiger partial charge in [0.2, 0.25) is 5.91 Å². The van der Waals surface area contributed by atoms with Crippen LogP contribution >= 0.6 is 0 Å². The molecule has 3 rings (SSSR count). The van der Waals surface area contributed by atoms with Crippen molar-refractivity contribution in [2.24, 2.45) is 5.41 Å². The molecule has 5 heteroatoms. The third-order valence-corrected chi connectivity index (χ3v) is 5.87. The van der Waals surface area contributed by atoms with E-state index in [2.05, 4.69) is 17.6 Å². The lowest BCUT2D eigenvalue weighted by atomic mass is 9.81. The number of nitrogens with one attached hydrogen (secondary N) is 2. The van der Waals surface area contributed by atoms with E-state index in [-0.39, 0.29) is 11.9 Å². The number of urea groups is 1. The summed E-state index contributed by atoms with van der Waals surface area (Å²) in [6.07, 6.45) is 2.45. The van der Waals surface area contributed by atoms with E-state index in [1.807, 2.05) is 62.4 Å². The minimum atomic E-state index is -0.581. The van der Waals surface area contributed by atoms with Crippen LogP contribution in [0.5, 0.6) is 0 Å². The Labute approximate surface area is 173 Å². The number of rotatable bonds is 5. The first-order valence-corrected chi connectivity index (χ1v) is 10.4. The van der Waals surface area contributed by atoms with Gasteiger partial charge in [0.05, 0.1) is 5.41 Å². The molecule has 1 fully saturated rings. The van der Waals surface area contributed by atoms with E-state index in [0.717, 1.165) is 41.6 Å². The molecule has 0 radical (unpaired) electrons. The Morgan fingerprint density at radius 3 is 2.48 bits per heavy atom. The third kappa shape index (κ3) is 4.97. The standard InChI is InChI=1S/C24H31N3O2/c1-4-19-11-7-8-13-21(19)26-23(29)27-15-9-14-24(3,17-27)22(28)25-16-20-12-6-5-10-18(20)2/h5-8,10-13H,4,9,14-17H2,1-3H3,(H,25,28)(H,26,29)/t24-/m1/s1. The normalized spacial score (nSPS) is 18.9. The van der Waals surface area contributed by atoms with Gasteiger partial charge in [-0.05, 0) is 55.9 Å². The van der Waals surface area contributed by atoms with E-state index in [1.165, 1.54) is 0 Å². The first-order chi connectivity index (χ1) is 13.9. The Hall–Kier alpha value is -2.82. The Morgan fingerprint density at radius 1 is 1.07 bits per heavy atom. The van der Waals surface area contributed by atoms with Crippen molar-refractivity contribution < 1.29 is 9.59 Å². The topological polar surface area (TPSA) is 61.4 Å². The second kappa shape index (κ2) is 9.12. The lowest BCUT2D eigenvalue weighted by molar-refractivity contribution is -0.132. The highest BCUT2D eigenvalue weighted by Crippen LogP contribution is 2.30. The van der Waals surface area contributed by atoms with Crippen molar-refractivity contribution in [2.45, 2.75) is 46.6 Å². The van der Waals surface area contributed by atoms with E-state index in [1.54, 1.807) is 4.90 Å². The number of amides is 3. The van der Waals surface area contributed by atoms with Crippen molar-refractivity contribution in [1.82, 2.24) is 10.2 Å². The summed E-state index contributed by atoms with van der Waals surface area (Å²) in [5.41, 5.74) is 3.65. The number of hydrogen-bond acceptors (Lipinski definition) is 2. The average Bonchev–Trinajstić information content (AvgIpc) is 2.73. The first-order valence-electron chi connectivity index (χ1n) is 10.4. The van der Waals surface area contributed by atoms with Crippen molar-refractivity contribution in [3.63, 3.8) is 0 Å². The van der Waals surface area contributed by atoms with E-state index in [0.29, 0.717) is 19.6 Å². The SMILES string of the molecule is CCc1ccccc1NC(=O)N1CCC[C@@](C)(C(=O)NCc2ccccc2C)C1.